The second kappa shape index (κ2) is 9.15. The summed E-state index contributed by atoms with van der Waals surface area (Å²) in [4.78, 5) is 18.5. The molecule has 112 valence electrons. The van der Waals surface area contributed by atoms with Crippen LogP contribution in [0, 0.1) is 5.92 Å². The van der Waals surface area contributed by atoms with Crippen LogP contribution in [0.1, 0.15) is 46.0 Å². The van der Waals surface area contributed by atoms with Gasteiger partial charge in [0.05, 0.1) is 13.2 Å². The van der Waals surface area contributed by atoms with Gasteiger partial charge in [0.2, 0.25) is 0 Å². The second-order valence-electron chi connectivity index (χ2n) is 5.69. The lowest BCUT2D eigenvalue weighted by Gasteiger charge is -2.23. The molecule has 1 rings (SSSR count). The maximum atomic E-state index is 11.6. The van der Waals surface area contributed by atoms with Gasteiger partial charge in [-0.3, -0.25) is 4.84 Å². The quantitative estimate of drug-likeness (QED) is 0.571. The summed E-state index contributed by atoms with van der Waals surface area (Å²) in [6.45, 7) is 5.53. The number of ether oxygens (including phenoxy) is 1. The Morgan fingerprint density at radius 2 is 2.00 bits per heavy atom. The minimum Gasteiger partial charge on any atom is -0.449 e. The zero-order valence-electron chi connectivity index (χ0n) is 12.5. The van der Waals surface area contributed by atoms with Crippen molar-refractivity contribution in [1.29, 1.82) is 0 Å². The molecule has 1 aliphatic rings. The van der Waals surface area contributed by atoms with E-state index in [2.05, 4.69) is 5.48 Å². The van der Waals surface area contributed by atoms with Gasteiger partial charge in [0.1, 0.15) is 0 Å². The molecule has 0 unspecified atom stereocenters. The Bertz CT molecular complexity index is 253. The standard InChI is InChI=1S/C14H28N2O3/c1-12(2)11-18-14(17)16(3)9-10-19-15-13-7-5-4-6-8-13/h12-13,15H,4-11H2,1-3H3. The molecule has 0 bridgehead atoms. The van der Waals surface area contributed by atoms with Crippen molar-refractivity contribution in [3.8, 4) is 0 Å². The Morgan fingerprint density at radius 3 is 2.63 bits per heavy atom. The number of rotatable bonds is 7. The first-order chi connectivity index (χ1) is 9.09. The zero-order chi connectivity index (χ0) is 14.1. The van der Waals surface area contributed by atoms with Gasteiger partial charge < -0.3 is 9.64 Å². The Kier molecular flexibility index (Phi) is 7.82. The van der Waals surface area contributed by atoms with E-state index in [9.17, 15) is 4.79 Å². The fourth-order valence-electron chi connectivity index (χ4n) is 2.02. The average molecular weight is 272 g/mol. The monoisotopic (exact) mass is 272 g/mol. The predicted molar refractivity (Wildman–Crippen MR) is 74.8 cm³/mol. The molecule has 19 heavy (non-hydrogen) atoms. The van der Waals surface area contributed by atoms with Gasteiger partial charge in [-0.15, -0.1) is 0 Å². The van der Waals surface area contributed by atoms with Gasteiger partial charge in [0.25, 0.3) is 0 Å². The molecule has 0 spiro atoms. The van der Waals surface area contributed by atoms with E-state index >= 15 is 0 Å². The number of likely N-dealkylation sites (N-methyl/N-ethyl adjacent to an activating group) is 1. The van der Waals surface area contributed by atoms with Crippen molar-refractivity contribution >= 4 is 6.09 Å². The van der Waals surface area contributed by atoms with Gasteiger partial charge in [0.15, 0.2) is 0 Å². The molecule has 1 fully saturated rings. The molecule has 1 amide bonds. The summed E-state index contributed by atoms with van der Waals surface area (Å²) in [5.41, 5.74) is 3.09. The molecule has 0 aliphatic heterocycles. The first-order valence-corrected chi connectivity index (χ1v) is 7.34. The van der Waals surface area contributed by atoms with E-state index in [0.29, 0.717) is 31.7 Å². The van der Waals surface area contributed by atoms with E-state index in [1.54, 1.807) is 11.9 Å². The van der Waals surface area contributed by atoms with Crippen LogP contribution in [0.4, 0.5) is 4.79 Å². The van der Waals surface area contributed by atoms with E-state index in [1.807, 2.05) is 13.8 Å². The molecule has 0 saturated heterocycles. The molecule has 0 aromatic carbocycles. The highest BCUT2D eigenvalue weighted by molar-refractivity contribution is 5.67. The molecule has 1 saturated carbocycles. The fraction of sp³-hybridized carbons (Fsp3) is 0.929. The summed E-state index contributed by atoms with van der Waals surface area (Å²) < 4.78 is 5.12. The third-order valence-electron chi connectivity index (χ3n) is 3.24. The number of hydrogen-bond donors (Lipinski definition) is 1. The molecule has 0 aromatic heterocycles. The molecule has 0 heterocycles. The van der Waals surface area contributed by atoms with Crippen LogP contribution in [-0.2, 0) is 9.57 Å². The zero-order valence-corrected chi connectivity index (χ0v) is 12.5. The number of hydroxylamine groups is 1. The largest absolute Gasteiger partial charge is 0.449 e. The Labute approximate surface area is 116 Å². The Balaban J connectivity index is 2.02. The highest BCUT2D eigenvalue weighted by Crippen LogP contribution is 2.17. The maximum Gasteiger partial charge on any atom is 0.409 e. The summed E-state index contributed by atoms with van der Waals surface area (Å²) in [6.07, 6.45) is 5.99. The van der Waals surface area contributed by atoms with Crippen LogP contribution in [0.5, 0.6) is 0 Å². The molecular formula is C14H28N2O3. The van der Waals surface area contributed by atoms with Crippen molar-refractivity contribution in [3.05, 3.63) is 0 Å². The normalized spacial score (nSPS) is 16.6. The Morgan fingerprint density at radius 1 is 1.32 bits per heavy atom. The van der Waals surface area contributed by atoms with Crippen LogP contribution < -0.4 is 5.48 Å². The average Bonchev–Trinajstić information content (AvgIpc) is 2.41. The van der Waals surface area contributed by atoms with Gasteiger partial charge >= 0.3 is 6.09 Å². The number of nitrogens with one attached hydrogen (secondary N) is 1. The number of hydrogen-bond acceptors (Lipinski definition) is 4. The van der Waals surface area contributed by atoms with Crippen LogP contribution in [0.3, 0.4) is 0 Å². The number of carbonyl (C=O) groups excluding carboxylic acids is 1. The van der Waals surface area contributed by atoms with Crippen molar-refractivity contribution in [2.24, 2.45) is 5.92 Å². The molecular weight excluding hydrogens is 244 g/mol. The Hall–Kier alpha value is -0.810. The molecule has 5 nitrogen and oxygen atoms in total. The van der Waals surface area contributed by atoms with Crippen LogP contribution in [0.15, 0.2) is 0 Å². The molecule has 0 radical (unpaired) electrons. The molecule has 5 heteroatoms. The third kappa shape index (κ3) is 7.38. The van der Waals surface area contributed by atoms with E-state index in [-0.39, 0.29) is 6.09 Å². The SMILES string of the molecule is CC(C)COC(=O)N(C)CCONC1CCCCC1. The molecule has 1 aliphatic carbocycles. The smallest absolute Gasteiger partial charge is 0.409 e. The second-order valence-corrected chi connectivity index (χ2v) is 5.69. The van der Waals surface area contributed by atoms with Crippen LogP contribution in [-0.4, -0.2) is 43.8 Å². The lowest BCUT2D eigenvalue weighted by Crippen LogP contribution is -2.36. The van der Waals surface area contributed by atoms with Crippen LogP contribution in [0.2, 0.25) is 0 Å². The van der Waals surface area contributed by atoms with Gasteiger partial charge in [-0.1, -0.05) is 33.1 Å². The highest BCUT2D eigenvalue weighted by Gasteiger charge is 2.14. The summed E-state index contributed by atoms with van der Waals surface area (Å²) in [5, 5.41) is 0. The van der Waals surface area contributed by atoms with E-state index in [1.165, 1.54) is 32.1 Å². The number of carbonyl (C=O) groups is 1. The topological polar surface area (TPSA) is 50.8 Å². The summed E-state index contributed by atoms with van der Waals surface area (Å²) in [5.74, 6) is 0.363. The van der Waals surface area contributed by atoms with Crippen molar-refractivity contribution in [3.63, 3.8) is 0 Å². The molecule has 0 aromatic rings. The van der Waals surface area contributed by atoms with Crippen LogP contribution >= 0.6 is 0 Å². The van der Waals surface area contributed by atoms with E-state index in [4.69, 9.17) is 9.57 Å². The third-order valence-corrected chi connectivity index (χ3v) is 3.24. The van der Waals surface area contributed by atoms with Gasteiger partial charge in [-0.05, 0) is 18.8 Å². The molecule has 1 N–H and O–H groups in total. The van der Waals surface area contributed by atoms with Crippen molar-refractivity contribution < 1.29 is 14.4 Å². The van der Waals surface area contributed by atoms with Crippen molar-refractivity contribution in [2.75, 3.05) is 26.8 Å². The van der Waals surface area contributed by atoms with Crippen molar-refractivity contribution in [1.82, 2.24) is 10.4 Å². The number of nitrogens with zero attached hydrogens (tertiary/aromatic N) is 1. The lowest BCUT2D eigenvalue weighted by atomic mass is 9.96. The van der Waals surface area contributed by atoms with Crippen LogP contribution in [0.25, 0.3) is 0 Å². The minimum absolute atomic E-state index is 0.282. The van der Waals surface area contributed by atoms with Gasteiger partial charge in [0, 0.05) is 19.6 Å². The van der Waals surface area contributed by atoms with E-state index < -0.39 is 0 Å². The van der Waals surface area contributed by atoms with Gasteiger partial charge in [-0.2, -0.15) is 5.48 Å². The number of amides is 1. The fourth-order valence-corrected chi connectivity index (χ4v) is 2.02. The highest BCUT2D eigenvalue weighted by atomic mass is 16.6. The first kappa shape index (κ1) is 16.2. The molecule has 0 atom stereocenters. The lowest BCUT2D eigenvalue weighted by molar-refractivity contribution is -0.00205. The van der Waals surface area contributed by atoms with Crippen molar-refractivity contribution in [2.45, 2.75) is 52.0 Å². The maximum absolute atomic E-state index is 11.6. The predicted octanol–water partition coefficient (Wildman–Crippen LogP) is 2.56. The first-order valence-electron chi connectivity index (χ1n) is 7.34. The summed E-state index contributed by atoms with van der Waals surface area (Å²) >= 11 is 0. The summed E-state index contributed by atoms with van der Waals surface area (Å²) in [7, 11) is 1.73. The minimum atomic E-state index is -0.282. The van der Waals surface area contributed by atoms with Gasteiger partial charge in [-0.25, -0.2) is 4.79 Å². The van der Waals surface area contributed by atoms with E-state index in [0.717, 1.165) is 0 Å². The summed E-state index contributed by atoms with van der Waals surface area (Å²) in [6, 6.07) is 0.479.